The molecule has 0 atom stereocenters. The largest absolute Gasteiger partial charge is 0.360 e. The molecule has 1 aliphatic carbocycles. The highest BCUT2D eigenvalue weighted by atomic mass is 32.2. The van der Waals surface area contributed by atoms with E-state index in [4.69, 9.17) is 4.52 Å². The average Bonchev–Trinajstić information content (AvgIpc) is 3.31. The maximum absolute atomic E-state index is 12.3. The minimum absolute atomic E-state index is 0.0548. The van der Waals surface area contributed by atoms with Gasteiger partial charge in [0.25, 0.3) is 5.91 Å². The molecule has 0 spiro atoms. The van der Waals surface area contributed by atoms with Gasteiger partial charge in [0.1, 0.15) is 5.76 Å². The fourth-order valence-corrected chi connectivity index (χ4v) is 4.15. The highest BCUT2D eigenvalue weighted by Gasteiger charge is 2.30. The van der Waals surface area contributed by atoms with Crippen molar-refractivity contribution in [2.45, 2.75) is 37.6 Å². The van der Waals surface area contributed by atoms with Crippen molar-refractivity contribution in [3.63, 3.8) is 0 Å². The Hall–Kier alpha value is -1.71. The number of nitrogens with one attached hydrogen (secondary N) is 1. The number of rotatable bonds is 7. The van der Waals surface area contributed by atoms with Gasteiger partial charge in [-0.1, -0.05) is 11.2 Å². The quantitative estimate of drug-likeness (QED) is 0.760. The number of amides is 1. The van der Waals surface area contributed by atoms with Crippen molar-refractivity contribution in [2.75, 3.05) is 33.7 Å². The predicted octanol–water partition coefficient (Wildman–Crippen LogP) is 1.15. The monoisotopic (exact) mass is 382 g/mol. The number of hydrogen-bond donors (Lipinski definition) is 1. The molecule has 0 unspecified atom stereocenters. The first kappa shape index (κ1) is 19.1. The normalized spacial score (nSPS) is 20.1. The van der Waals surface area contributed by atoms with Crippen LogP contribution in [0.3, 0.4) is 0 Å². The van der Waals surface area contributed by atoms with Crippen molar-refractivity contribution in [2.24, 2.45) is 0 Å². The van der Waals surface area contributed by atoms with Crippen LogP contribution in [-0.2, 0) is 10.0 Å². The van der Waals surface area contributed by atoms with Crippen LogP contribution in [0.4, 0.5) is 0 Å². The average molecular weight is 382 g/mol. The minimum atomic E-state index is -3.40. The van der Waals surface area contributed by atoms with E-state index in [1.54, 1.807) is 12.1 Å². The minimum Gasteiger partial charge on any atom is -0.360 e. The van der Waals surface area contributed by atoms with E-state index in [0.29, 0.717) is 44.1 Å². The number of likely N-dealkylation sites (N-methyl/N-ethyl adjacent to an activating group) is 1. The highest BCUT2D eigenvalue weighted by molar-refractivity contribution is 7.92. The molecular weight excluding hydrogens is 356 g/mol. The van der Waals surface area contributed by atoms with Gasteiger partial charge in [-0.2, -0.15) is 4.31 Å². The lowest BCUT2D eigenvalue weighted by Crippen LogP contribution is -2.46. The van der Waals surface area contributed by atoms with E-state index >= 15 is 0 Å². The van der Waals surface area contributed by atoms with E-state index in [2.05, 4.69) is 10.5 Å². The Bertz CT molecular complexity index is 759. The fourth-order valence-electron chi connectivity index (χ4n) is 2.93. The molecule has 2 aliphatic rings. The number of carbonyl (C=O) groups excluding carboxylic acids is 1. The van der Waals surface area contributed by atoms with E-state index in [-0.39, 0.29) is 11.9 Å². The third kappa shape index (κ3) is 4.93. The van der Waals surface area contributed by atoms with Gasteiger partial charge in [0, 0.05) is 43.1 Å². The van der Waals surface area contributed by atoms with Crippen molar-refractivity contribution in [1.82, 2.24) is 19.7 Å². The Morgan fingerprint density at radius 3 is 2.65 bits per heavy atom. The molecule has 1 saturated carbocycles. The number of piperidine rings is 1. The van der Waals surface area contributed by atoms with Crippen molar-refractivity contribution < 1.29 is 17.7 Å². The predicted molar refractivity (Wildman–Crippen MR) is 97.2 cm³/mol. The first-order valence-electron chi connectivity index (χ1n) is 8.94. The van der Waals surface area contributed by atoms with Crippen LogP contribution >= 0.6 is 0 Å². The van der Waals surface area contributed by atoms with Gasteiger partial charge in [-0.25, -0.2) is 8.42 Å². The van der Waals surface area contributed by atoms with E-state index in [0.717, 1.165) is 18.6 Å². The van der Waals surface area contributed by atoms with Crippen LogP contribution in [0.15, 0.2) is 22.1 Å². The Balaban J connectivity index is 1.48. The molecule has 0 radical (unpaired) electrons. The summed E-state index contributed by atoms with van der Waals surface area (Å²) < 4.78 is 31.3. The van der Waals surface area contributed by atoms with Crippen LogP contribution in [0.5, 0.6) is 0 Å². The Labute approximate surface area is 154 Å². The fraction of sp³-hybridized carbons (Fsp3) is 0.647. The first-order chi connectivity index (χ1) is 12.3. The molecule has 2 fully saturated rings. The third-order valence-electron chi connectivity index (χ3n) is 4.63. The lowest BCUT2D eigenvalue weighted by Gasteiger charge is -2.30. The standard InChI is InChI=1S/C17H26N4O4S/c1-20(2)8-3-11-26(23,24)21-9-6-14(7-10-21)18-17(22)15-12-16(25-19-15)13-4-5-13/h3,11-14H,4-10H2,1-2H3,(H,18,22). The summed E-state index contributed by atoms with van der Waals surface area (Å²) in [5, 5.41) is 8.03. The van der Waals surface area contributed by atoms with Gasteiger partial charge in [-0.3, -0.25) is 4.79 Å². The summed E-state index contributed by atoms with van der Waals surface area (Å²) in [6.45, 7) is 1.36. The number of aromatic nitrogens is 1. The number of carbonyl (C=O) groups is 1. The molecule has 8 nitrogen and oxygen atoms in total. The summed E-state index contributed by atoms with van der Waals surface area (Å²) in [6, 6.07) is 1.66. The van der Waals surface area contributed by atoms with Crippen LogP contribution < -0.4 is 5.32 Å². The molecule has 0 bridgehead atoms. The molecule has 1 aromatic heterocycles. The number of sulfonamides is 1. The van der Waals surface area contributed by atoms with Gasteiger partial charge >= 0.3 is 0 Å². The van der Waals surface area contributed by atoms with Gasteiger partial charge in [-0.15, -0.1) is 0 Å². The second-order valence-corrected chi connectivity index (χ2v) is 9.03. The molecule has 1 aliphatic heterocycles. The maximum Gasteiger partial charge on any atom is 0.273 e. The third-order valence-corrected chi connectivity index (χ3v) is 6.25. The van der Waals surface area contributed by atoms with Gasteiger partial charge in [0.2, 0.25) is 10.0 Å². The van der Waals surface area contributed by atoms with Crippen molar-refractivity contribution >= 4 is 15.9 Å². The Kier molecular flexibility index (Phi) is 5.79. The van der Waals surface area contributed by atoms with Crippen LogP contribution in [0, 0.1) is 0 Å². The van der Waals surface area contributed by atoms with Gasteiger partial charge < -0.3 is 14.7 Å². The van der Waals surface area contributed by atoms with Gasteiger partial charge in [0.15, 0.2) is 5.69 Å². The topological polar surface area (TPSA) is 95.8 Å². The molecule has 0 aromatic carbocycles. The molecule has 1 saturated heterocycles. The smallest absolute Gasteiger partial charge is 0.273 e. The van der Waals surface area contributed by atoms with E-state index < -0.39 is 10.0 Å². The zero-order chi connectivity index (χ0) is 18.7. The van der Waals surface area contributed by atoms with Gasteiger partial charge in [0.05, 0.1) is 0 Å². The Morgan fingerprint density at radius 1 is 1.35 bits per heavy atom. The summed E-state index contributed by atoms with van der Waals surface area (Å²) in [5.74, 6) is 0.937. The molecule has 3 rings (SSSR count). The van der Waals surface area contributed by atoms with Crippen LogP contribution in [0.1, 0.15) is 47.8 Å². The van der Waals surface area contributed by atoms with E-state index in [1.165, 1.54) is 9.71 Å². The Morgan fingerprint density at radius 2 is 2.04 bits per heavy atom. The lowest BCUT2D eigenvalue weighted by molar-refractivity contribution is 0.0914. The van der Waals surface area contributed by atoms with Crippen LogP contribution in [0.2, 0.25) is 0 Å². The molecule has 144 valence electrons. The van der Waals surface area contributed by atoms with Crippen LogP contribution in [-0.4, -0.2) is 68.5 Å². The summed E-state index contributed by atoms with van der Waals surface area (Å²) >= 11 is 0. The summed E-state index contributed by atoms with van der Waals surface area (Å²) in [5.41, 5.74) is 0.300. The molecule has 2 heterocycles. The summed E-state index contributed by atoms with van der Waals surface area (Å²) in [6.07, 6.45) is 4.99. The number of nitrogens with zero attached hydrogens (tertiary/aromatic N) is 3. The molecule has 26 heavy (non-hydrogen) atoms. The SMILES string of the molecule is CN(C)CC=CS(=O)(=O)N1CCC(NC(=O)c2cc(C3CC3)on2)CC1. The zero-order valence-corrected chi connectivity index (χ0v) is 16.0. The van der Waals surface area contributed by atoms with Crippen molar-refractivity contribution in [3.8, 4) is 0 Å². The molecule has 1 aromatic rings. The van der Waals surface area contributed by atoms with Crippen LogP contribution in [0.25, 0.3) is 0 Å². The maximum atomic E-state index is 12.3. The molecule has 9 heteroatoms. The van der Waals surface area contributed by atoms with Crippen molar-refractivity contribution in [3.05, 3.63) is 29.0 Å². The van der Waals surface area contributed by atoms with Crippen molar-refractivity contribution in [1.29, 1.82) is 0 Å². The molecular formula is C17H26N4O4S. The summed E-state index contributed by atoms with van der Waals surface area (Å²) in [7, 11) is 0.369. The second kappa shape index (κ2) is 7.89. The van der Waals surface area contributed by atoms with E-state index in [9.17, 15) is 13.2 Å². The van der Waals surface area contributed by atoms with Gasteiger partial charge in [-0.05, 0) is 39.8 Å². The summed E-state index contributed by atoms with van der Waals surface area (Å²) in [4.78, 5) is 14.2. The van der Waals surface area contributed by atoms with E-state index in [1.807, 2.05) is 19.0 Å². The highest BCUT2D eigenvalue weighted by Crippen LogP contribution is 2.40. The lowest BCUT2D eigenvalue weighted by atomic mass is 10.1. The first-order valence-corrected chi connectivity index (χ1v) is 10.4. The zero-order valence-electron chi connectivity index (χ0n) is 15.2. The molecule has 1 N–H and O–H groups in total. The number of hydrogen-bond acceptors (Lipinski definition) is 6. The second-order valence-electron chi connectivity index (χ2n) is 7.21. The molecule has 1 amide bonds.